The molecule has 0 amide bonds. The van der Waals surface area contributed by atoms with Crippen molar-refractivity contribution < 1.29 is 43.9 Å². The van der Waals surface area contributed by atoms with Gasteiger partial charge in [0.05, 0.1) is 12.1 Å². The topological polar surface area (TPSA) is 52.0 Å². The van der Waals surface area contributed by atoms with Gasteiger partial charge in [-0.15, -0.1) is 0 Å². The molecule has 26 heavy (non-hydrogen) atoms. The van der Waals surface area contributed by atoms with Gasteiger partial charge < -0.3 is 11.5 Å². The number of nitrogens with two attached hydrogens (primary N) is 2. The lowest BCUT2D eigenvalue weighted by molar-refractivity contribution is 0.343. The molecule has 2 aromatic rings. The molecule has 0 saturated heterocycles. The van der Waals surface area contributed by atoms with E-state index < -0.39 is 81.4 Å². The van der Waals surface area contributed by atoms with Gasteiger partial charge in [0.2, 0.25) is 11.6 Å². The average molecular weight is 392 g/mol. The molecule has 0 aliphatic rings. The SMILES string of the molecule is N[C@H](c1c(F)c(F)c(F)c(F)c1F)[C@H](N)c1c(F)c(F)c(F)c(F)c1F. The zero-order chi connectivity index (χ0) is 20.1. The van der Waals surface area contributed by atoms with Crippen molar-refractivity contribution in [2.45, 2.75) is 12.1 Å². The van der Waals surface area contributed by atoms with E-state index in [9.17, 15) is 43.9 Å². The molecular weight excluding hydrogens is 386 g/mol. The van der Waals surface area contributed by atoms with Crippen LogP contribution in [0.3, 0.4) is 0 Å². The van der Waals surface area contributed by atoms with Gasteiger partial charge in [-0.2, -0.15) is 0 Å². The predicted molar refractivity (Wildman–Crippen MR) is 66.3 cm³/mol. The Bertz CT molecular complexity index is 767. The molecule has 4 N–H and O–H groups in total. The van der Waals surface area contributed by atoms with Crippen molar-refractivity contribution in [3.8, 4) is 0 Å². The first-order valence-corrected chi connectivity index (χ1v) is 6.47. The fourth-order valence-corrected chi connectivity index (χ4v) is 2.19. The molecule has 0 fully saturated rings. The summed E-state index contributed by atoms with van der Waals surface area (Å²) in [7, 11) is 0. The first-order chi connectivity index (χ1) is 11.9. The van der Waals surface area contributed by atoms with Crippen LogP contribution < -0.4 is 11.5 Å². The molecule has 0 radical (unpaired) electrons. The molecule has 0 bridgehead atoms. The third kappa shape index (κ3) is 2.78. The Hall–Kier alpha value is -2.34. The van der Waals surface area contributed by atoms with Crippen molar-refractivity contribution in [1.29, 1.82) is 0 Å². The van der Waals surface area contributed by atoms with Gasteiger partial charge in [0, 0.05) is 11.1 Å². The molecule has 2 atom stereocenters. The van der Waals surface area contributed by atoms with E-state index in [0.29, 0.717) is 0 Å². The molecule has 142 valence electrons. The van der Waals surface area contributed by atoms with Crippen molar-refractivity contribution in [2.75, 3.05) is 0 Å². The predicted octanol–water partition coefficient (Wildman–Crippen LogP) is 3.78. The fraction of sp³-hybridized carbons (Fsp3) is 0.143. The summed E-state index contributed by atoms with van der Waals surface area (Å²) >= 11 is 0. The molecule has 2 aromatic carbocycles. The van der Waals surface area contributed by atoms with Gasteiger partial charge in [-0.1, -0.05) is 0 Å². The van der Waals surface area contributed by atoms with E-state index in [4.69, 9.17) is 11.5 Å². The highest BCUT2D eigenvalue weighted by molar-refractivity contribution is 5.33. The summed E-state index contributed by atoms with van der Waals surface area (Å²) in [4.78, 5) is 0. The molecule has 12 heteroatoms. The first kappa shape index (κ1) is 20.0. The number of rotatable bonds is 3. The maximum Gasteiger partial charge on any atom is 0.200 e. The van der Waals surface area contributed by atoms with Crippen molar-refractivity contribution >= 4 is 0 Å². The van der Waals surface area contributed by atoms with E-state index in [1.807, 2.05) is 0 Å². The van der Waals surface area contributed by atoms with Gasteiger partial charge in [0.1, 0.15) is 0 Å². The van der Waals surface area contributed by atoms with Crippen molar-refractivity contribution in [2.24, 2.45) is 11.5 Å². The number of hydrogen-bond donors (Lipinski definition) is 2. The Morgan fingerprint density at radius 1 is 0.346 bits per heavy atom. The van der Waals surface area contributed by atoms with Gasteiger partial charge in [-0.05, 0) is 0 Å². The standard InChI is InChI=1S/C14H6F10N2/c15-3-1(4(16)8(20)11(23)7(3)19)13(25)14(26)2-5(17)9(21)12(24)10(22)6(2)18/h13-14H,25-26H2/t13-,14-/m1/s1. The fourth-order valence-electron chi connectivity index (χ4n) is 2.19. The van der Waals surface area contributed by atoms with Crippen molar-refractivity contribution in [3.05, 3.63) is 69.3 Å². The van der Waals surface area contributed by atoms with Crippen molar-refractivity contribution in [3.63, 3.8) is 0 Å². The Kier molecular flexibility index (Phi) is 5.19. The highest BCUT2D eigenvalue weighted by Crippen LogP contribution is 2.35. The first-order valence-electron chi connectivity index (χ1n) is 6.47. The van der Waals surface area contributed by atoms with E-state index in [2.05, 4.69) is 0 Å². The quantitative estimate of drug-likeness (QED) is 0.475. The molecular formula is C14H6F10N2. The maximum atomic E-state index is 13.7. The Morgan fingerprint density at radius 3 is 0.692 bits per heavy atom. The molecule has 2 nitrogen and oxygen atoms in total. The second-order valence-electron chi connectivity index (χ2n) is 5.02. The zero-order valence-corrected chi connectivity index (χ0v) is 12.1. The number of halogens is 10. The summed E-state index contributed by atoms with van der Waals surface area (Å²) in [5.41, 5.74) is 6.85. The molecule has 0 saturated carbocycles. The Balaban J connectivity index is 2.69. The van der Waals surface area contributed by atoms with Gasteiger partial charge in [0.25, 0.3) is 0 Å². The lowest BCUT2D eigenvalue weighted by Gasteiger charge is -2.23. The summed E-state index contributed by atoms with van der Waals surface area (Å²) in [5.74, 6) is -24.7. The van der Waals surface area contributed by atoms with Gasteiger partial charge >= 0.3 is 0 Å². The lowest BCUT2D eigenvalue weighted by atomic mass is 9.92. The van der Waals surface area contributed by atoms with Crippen LogP contribution in [0.1, 0.15) is 23.2 Å². The van der Waals surface area contributed by atoms with Crippen LogP contribution in [0.15, 0.2) is 0 Å². The molecule has 0 aromatic heterocycles. The summed E-state index contributed by atoms with van der Waals surface area (Å²) < 4.78 is 134. The van der Waals surface area contributed by atoms with E-state index in [1.165, 1.54) is 0 Å². The van der Waals surface area contributed by atoms with Crippen LogP contribution in [0.25, 0.3) is 0 Å². The van der Waals surface area contributed by atoms with E-state index >= 15 is 0 Å². The molecule has 0 spiro atoms. The van der Waals surface area contributed by atoms with Crippen LogP contribution >= 0.6 is 0 Å². The van der Waals surface area contributed by atoms with Crippen LogP contribution in [0.4, 0.5) is 43.9 Å². The molecule has 0 aliphatic heterocycles. The molecule has 0 heterocycles. The largest absolute Gasteiger partial charge is 0.322 e. The lowest BCUT2D eigenvalue weighted by Crippen LogP contribution is -2.31. The smallest absolute Gasteiger partial charge is 0.200 e. The summed E-state index contributed by atoms with van der Waals surface area (Å²) in [5, 5.41) is 0. The zero-order valence-electron chi connectivity index (χ0n) is 12.1. The maximum absolute atomic E-state index is 13.7. The van der Waals surface area contributed by atoms with E-state index in [-0.39, 0.29) is 0 Å². The van der Waals surface area contributed by atoms with Crippen LogP contribution in [0.2, 0.25) is 0 Å². The second kappa shape index (κ2) is 6.76. The summed E-state index contributed by atoms with van der Waals surface area (Å²) in [6.45, 7) is 0. The highest BCUT2D eigenvalue weighted by atomic mass is 19.2. The highest BCUT2D eigenvalue weighted by Gasteiger charge is 2.36. The molecule has 0 aliphatic carbocycles. The third-order valence-electron chi connectivity index (χ3n) is 3.54. The van der Waals surface area contributed by atoms with E-state index in [1.54, 1.807) is 0 Å². The molecule has 0 unspecified atom stereocenters. The average Bonchev–Trinajstić information content (AvgIpc) is 2.61. The third-order valence-corrected chi connectivity index (χ3v) is 3.54. The Morgan fingerprint density at radius 2 is 0.500 bits per heavy atom. The summed E-state index contributed by atoms with van der Waals surface area (Å²) in [6.07, 6.45) is 0. The van der Waals surface area contributed by atoms with Crippen LogP contribution in [-0.4, -0.2) is 0 Å². The second-order valence-corrected chi connectivity index (χ2v) is 5.02. The minimum absolute atomic E-state index is 1.78. The van der Waals surface area contributed by atoms with Crippen LogP contribution in [-0.2, 0) is 0 Å². The van der Waals surface area contributed by atoms with Gasteiger partial charge in [-0.25, -0.2) is 43.9 Å². The minimum Gasteiger partial charge on any atom is -0.322 e. The Labute approximate surface area is 138 Å². The van der Waals surface area contributed by atoms with Gasteiger partial charge in [0.15, 0.2) is 46.5 Å². The van der Waals surface area contributed by atoms with Crippen molar-refractivity contribution in [1.82, 2.24) is 0 Å². The monoisotopic (exact) mass is 392 g/mol. The van der Waals surface area contributed by atoms with Gasteiger partial charge in [-0.3, -0.25) is 0 Å². The summed E-state index contributed by atoms with van der Waals surface area (Å²) in [6, 6.07) is -5.10. The minimum atomic E-state index is -2.55. The van der Waals surface area contributed by atoms with Crippen LogP contribution in [0.5, 0.6) is 0 Å². The van der Waals surface area contributed by atoms with E-state index in [0.717, 1.165) is 0 Å². The molecule has 2 rings (SSSR count). The number of benzene rings is 2. The number of hydrogen-bond acceptors (Lipinski definition) is 2. The van der Waals surface area contributed by atoms with Crippen LogP contribution in [0, 0.1) is 58.2 Å². The normalized spacial score (nSPS) is 13.8.